The largest absolute Gasteiger partial charge is 0.493 e. The molecule has 0 saturated carbocycles. The van der Waals surface area contributed by atoms with Gasteiger partial charge >= 0.3 is 0 Å². The molecule has 2 N–H and O–H groups in total. The molecule has 0 aliphatic carbocycles. The van der Waals surface area contributed by atoms with Crippen molar-refractivity contribution >= 4 is 40.0 Å². The van der Waals surface area contributed by atoms with E-state index >= 15 is 0 Å². The lowest BCUT2D eigenvalue weighted by Crippen LogP contribution is -2.25. The van der Waals surface area contributed by atoms with Gasteiger partial charge < -0.3 is 19.5 Å². The van der Waals surface area contributed by atoms with E-state index in [1.807, 2.05) is 42.7 Å². The van der Waals surface area contributed by atoms with Gasteiger partial charge in [0.05, 0.1) is 33.6 Å². The van der Waals surface area contributed by atoms with Crippen LogP contribution >= 0.6 is 23.1 Å². The van der Waals surface area contributed by atoms with Gasteiger partial charge in [0.25, 0.3) is 5.91 Å². The van der Waals surface area contributed by atoms with Gasteiger partial charge in [0.2, 0.25) is 16.8 Å². The van der Waals surface area contributed by atoms with Crippen LogP contribution in [0.1, 0.15) is 26.8 Å². The summed E-state index contributed by atoms with van der Waals surface area (Å²) >= 11 is 2.52. The van der Waals surface area contributed by atoms with Gasteiger partial charge in [-0.3, -0.25) is 19.5 Å². The van der Waals surface area contributed by atoms with Crippen LogP contribution in [0.25, 0.3) is 5.69 Å². The molecular formula is C25H27N7O5S2. The summed E-state index contributed by atoms with van der Waals surface area (Å²) in [4.78, 5) is 25.6. The fourth-order valence-electron chi connectivity index (χ4n) is 3.64. The van der Waals surface area contributed by atoms with Crippen LogP contribution in [0.15, 0.2) is 41.6 Å². The molecule has 4 rings (SSSR count). The molecule has 39 heavy (non-hydrogen) atoms. The van der Waals surface area contributed by atoms with Gasteiger partial charge in [-0.05, 0) is 43.7 Å². The molecule has 2 heterocycles. The highest BCUT2D eigenvalue weighted by atomic mass is 32.2. The van der Waals surface area contributed by atoms with E-state index in [0.29, 0.717) is 38.9 Å². The predicted octanol–water partition coefficient (Wildman–Crippen LogP) is 3.42. The molecule has 12 nitrogen and oxygen atoms in total. The van der Waals surface area contributed by atoms with E-state index < -0.39 is 0 Å². The van der Waals surface area contributed by atoms with Gasteiger partial charge in [0, 0.05) is 11.3 Å². The third kappa shape index (κ3) is 6.64. The van der Waals surface area contributed by atoms with E-state index in [2.05, 4.69) is 31.0 Å². The van der Waals surface area contributed by atoms with Crippen LogP contribution in [0.4, 0.5) is 5.13 Å². The molecule has 0 unspecified atom stereocenters. The number of benzene rings is 2. The number of nitrogens with zero attached hydrogens (tertiary/aromatic N) is 5. The molecule has 0 saturated heterocycles. The van der Waals surface area contributed by atoms with E-state index in [1.54, 1.807) is 12.1 Å². The molecule has 0 aliphatic rings. The number of carbonyl (C=O) groups excluding carboxylic acids is 2. The summed E-state index contributed by atoms with van der Waals surface area (Å²) in [5, 5.41) is 23.7. The summed E-state index contributed by atoms with van der Waals surface area (Å²) in [6.07, 6.45) is 0. The summed E-state index contributed by atoms with van der Waals surface area (Å²) in [6.45, 7) is 3.87. The van der Waals surface area contributed by atoms with Crippen LogP contribution in [0.3, 0.4) is 0 Å². The first-order valence-electron chi connectivity index (χ1n) is 11.6. The van der Waals surface area contributed by atoms with Gasteiger partial charge in [0.15, 0.2) is 22.5 Å². The molecule has 0 atom stereocenters. The van der Waals surface area contributed by atoms with Crippen LogP contribution < -0.4 is 24.8 Å². The van der Waals surface area contributed by atoms with Crippen molar-refractivity contribution in [3.05, 3.63) is 58.4 Å². The van der Waals surface area contributed by atoms with Crippen molar-refractivity contribution < 1.29 is 23.8 Å². The Morgan fingerprint density at radius 2 is 1.72 bits per heavy atom. The number of nitrogens with one attached hydrogen (secondary N) is 2. The summed E-state index contributed by atoms with van der Waals surface area (Å²) < 4.78 is 17.9. The lowest BCUT2D eigenvalue weighted by Gasteiger charge is -2.14. The zero-order chi connectivity index (χ0) is 27.9. The molecule has 0 spiro atoms. The monoisotopic (exact) mass is 569 g/mol. The van der Waals surface area contributed by atoms with Gasteiger partial charge in [-0.25, -0.2) is 0 Å². The SMILES string of the molecule is COc1cc(C(=O)NCc2nnc(SCC(=O)Nc3nnc(C)s3)n2-c2cccc(C)c2)cc(OC)c1OC. The molecule has 14 heteroatoms. The number of hydrogen-bond acceptors (Lipinski definition) is 11. The first-order chi connectivity index (χ1) is 18.8. The second-order valence-corrected chi connectivity index (χ2v) is 10.3. The minimum Gasteiger partial charge on any atom is -0.493 e. The standard InChI is InChI=1S/C25H27N7O5S2/c1-14-7-6-8-17(9-14)32-20(29-31-25(32)38-13-21(33)27-24-30-28-15(2)39-24)12-26-23(34)16-10-18(35-3)22(37-5)19(11-16)36-4/h6-11H,12-13H2,1-5H3,(H,26,34)(H,27,30,33). The van der Waals surface area contributed by atoms with Crippen LogP contribution in [0.5, 0.6) is 17.2 Å². The predicted molar refractivity (Wildman–Crippen MR) is 147 cm³/mol. The van der Waals surface area contributed by atoms with Crippen molar-refractivity contribution in [2.45, 2.75) is 25.5 Å². The van der Waals surface area contributed by atoms with Gasteiger partial charge in [-0.2, -0.15) is 0 Å². The molecule has 204 valence electrons. The minimum atomic E-state index is -0.367. The fourth-order valence-corrected chi connectivity index (χ4v) is 5.02. The molecule has 0 radical (unpaired) electrons. The summed E-state index contributed by atoms with van der Waals surface area (Å²) in [5.41, 5.74) is 2.16. The van der Waals surface area contributed by atoms with Crippen molar-refractivity contribution in [2.75, 3.05) is 32.4 Å². The van der Waals surface area contributed by atoms with Crippen LogP contribution in [0.2, 0.25) is 0 Å². The summed E-state index contributed by atoms with van der Waals surface area (Å²) in [7, 11) is 4.46. The van der Waals surface area contributed by atoms with Crippen molar-refractivity contribution in [1.29, 1.82) is 0 Å². The quantitative estimate of drug-likeness (QED) is 0.258. The summed E-state index contributed by atoms with van der Waals surface area (Å²) in [6, 6.07) is 10.9. The van der Waals surface area contributed by atoms with Crippen molar-refractivity contribution in [3.8, 4) is 22.9 Å². The third-order valence-corrected chi connectivity index (χ3v) is 7.08. The first kappa shape index (κ1) is 27.9. The second-order valence-electron chi connectivity index (χ2n) is 8.13. The smallest absolute Gasteiger partial charge is 0.251 e. The lowest BCUT2D eigenvalue weighted by molar-refractivity contribution is -0.113. The normalized spacial score (nSPS) is 10.7. The van der Waals surface area contributed by atoms with Crippen molar-refractivity contribution in [1.82, 2.24) is 30.3 Å². The third-order valence-electron chi connectivity index (χ3n) is 5.40. The zero-order valence-corrected chi connectivity index (χ0v) is 23.6. The fraction of sp³-hybridized carbons (Fsp3) is 0.280. The summed E-state index contributed by atoms with van der Waals surface area (Å²) in [5.74, 6) is 1.09. The Morgan fingerprint density at radius 3 is 2.33 bits per heavy atom. The molecule has 2 amide bonds. The van der Waals surface area contributed by atoms with E-state index in [4.69, 9.17) is 14.2 Å². The number of amides is 2. The molecular weight excluding hydrogens is 542 g/mol. The first-order valence-corrected chi connectivity index (χ1v) is 13.5. The lowest BCUT2D eigenvalue weighted by atomic mass is 10.1. The van der Waals surface area contributed by atoms with Crippen LogP contribution in [-0.4, -0.2) is 63.9 Å². The number of aromatic nitrogens is 5. The second kappa shape index (κ2) is 12.6. The Hall–Kier alpha value is -4.17. The molecule has 0 aliphatic heterocycles. The van der Waals surface area contributed by atoms with Gasteiger partial charge in [-0.1, -0.05) is 35.2 Å². The topological polar surface area (TPSA) is 142 Å². The van der Waals surface area contributed by atoms with Crippen molar-refractivity contribution in [2.24, 2.45) is 0 Å². The average Bonchev–Trinajstić information content (AvgIpc) is 3.54. The number of carbonyl (C=O) groups is 2. The Balaban J connectivity index is 1.54. The zero-order valence-electron chi connectivity index (χ0n) is 22.0. The van der Waals surface area contributed by atoms with Gasteiger partial charge in [0.1, 0.15) is 5.01 Å². The Morgan fingerprint density at radius 1 is 0.974 bits per heavy atom. The number of anilines is 1. The molecule has 2 aromatic carbocycles. The number of thioether (sulfide) groups is 1. The molecule has 2 aromatic heterocycles. The van der Waals surface area contributed by atoms with Crippen molar-refractivity contribution in [3.63, 3.8) is 0 Å². The highest BCUT2D eigenvalue weighted by Gasteiger charge is 2.20. The number of ether oxygens (including phenoxy) is 3. The van der Waals surface area contributed by atoms with Gasteiger partial charge in [-0.15, -0.1) is 20.4 Å². The minimum absolute atomic E-state index is 0.0766. The number of methoxy groups -OCH3 is 3. The molecule has 0 fully saturated rings. The highest BCUT2D eigenvalue weighted by Crippen LogP contribution is 2.38. The van der Waals surface area contributed by atoms with E-state index in [-0.39, 0.29) is 24.1 Å². The Labute approximate surface area is 233 Å². The van der Waals surface area contributed by atoms with E-state index in [0.717, 1.165) is 16.3 Å². The Bertz CT molecular complexity index is 1460. The molecule has 4 aromatic rings. The maximum Gasteiger partial charge on any atom is 0.251 e. The highest BCUT2D eigenvalue weighted by molar-refractivity contribution is 7.99. The number of aryl methyl sites for hydroxylation is 2. The Kier molecular flexibility index (Phi) is 8.99. The maximum atomic E-state index is 13.1. The number of rotatable bonds is 11. The number of hydrogen-bond donors (Lipinski definition) is 2. The van der Waals surface area contributed by atoms with E-state index in [9.17, 15) is 9.59 Å². The average molecular weight is 570 g/mol. The maximum absolute atomic E-state index is 13.1. The van der Waals surface area contributed by atoms with Crippen LogP contribution in [0, 0.1) is 13.8 Å². The van der Waals surface area contributed by atoms with Crippen LogP contribution in [-0.2, 0) is 11.3 Å². The molecule has 0 bridgehead atoms. The van der Waals surface area contributed by atoms with E-state index in [1.165, 1.54) is 44.4 Å².